The first-order valence-electron chi connectivity index (χ1n) is 7.65. The van der Waals surface area contributed by atoms with Gasteiger partial charge in [0.25, 0.3) is 0 Å². The molecular weight excluding hydrogens is 451 g/mol. The van der Waals surface area contributed by atoms with Crippen LogP contribution in [0.4, 0.5) is 5.69 Å². The first kappa shape index (κ1) is 16.7. The number of hydrogen-bond acceptors (Lipinski definition) is 2. The molecule has 3 unspecified atom stereocenters. The molecule has 0 aromatic heterocycles. The van der Waals surface area contributed by atoms with Gasteiger partial charge in [0, 0.05) is 0 Å². The molecule has 2 rings (SSSR count). The summed E-state index contributed by atoms with van der Waals surface area (Å²) >= 11 is 0.366. The summed E-state index contributed by atoms with van der Waals surface area (Å²) in [5, 5.41) is 2.99. The number of Topliss-reactive ketones (excluding diaryl/α,β-unsaturated/α-hetero) is 1. The molecule has 3 atom stereocenters. The van der Waals surface area contributed by atoms with E-state index in [0.717, 1.165) is 26.7 Å². The molecule has 1 aliphatic rings. The van der Waals surface area contributed by atoms with Crippen LogP contribution >= 0.6 is 0 Å². The number of hydrogen-bond donors (Lipinski definition) is 1. The zero-order valence-electron chi connectivity index (χ0n) is 13.1. The molecule has 1 N–H and O–H groups in total. The average molecular weight is 473 g/mol. The van der Waals surface area contributed by atoms with Gasteiger partial charge in [0.1, 0.15) is 0 Å². The Hall–Kier alpha value is -0.705. The van der Waals surface area contributed by atoms with Crippen molar-refractivity contribution in [1.29, 1.82) is 0 Å². The van der Waals surface area contributed by atoms with E-state index in [1.165, 1.54) is 6.42 Å². The number of anilines is 1. The van der Waals surface area contributed by atoms with Gasteiger partial charge in [-0.3, -0.25) is 0 Å². The molecule has 1 saturated carbocycles. The summed E-state index contributed by atoms with van der Waals surface area (Å²) in [6, 6.07) is 5.63. The normalized spacial score (nSPS) is 24.9. The summed E-state index contributed by atoms with van der Waals surface area (Å²) in [6.07, 6.45) is 3.01. The summed E-state index contributed by atoms with van der Waals surface area (Å²) in [7, 11) is 0. The first-order valence-corrected chi connectivity index (χ1v) is 10.4. The molecule has 0 heterocycles. The van der Waals surface area contributed by atoms with Crippen LogP contribution in [-0.4, -0.2) is 11.7 Å². The SMILES string of the molecule is CC(=O)c1ccc(NC(=O)CC2CCC(C)C2C)c[c]1[Hg]. The van der Waals surface area contributed by atoms with Gasteiger partial charge in [0.05, 0.1) is 0 Å². The third-order valence-corrected chi connectivity index (χ3v) is 7.12. The Bertz CT molecular complexity index is 556. The number of amides is 1. The van der Waals surface area contributed by atoms with Crippen LogP contribution in [0.1, 0.15) is 50.4 Å². The molecule has 0 spiro atoms. The van der Waals surface area contributed by atoms with Crippen LogP contribution in [0.15, 0.2) is 18.2 Å². The maximum absolute atomic E-state index is 12.2. The van der Waals surface area contributed by atoms with Gasteiger partial charge in [0.2, 0.25) is 0 Å². The zero-order valence-corrected chi connectivity index (χ0v) is 18.6. The van der Waals surface area contributed by atoms with Crippen molar-refractivity contribution in [1.82, 2.24) is 0 Å². The Balaban J connectivity index is 1.97. The van der Waals surface area contributed by atoms with E-state index in [4.69, 9.17) is 0 Å². The molecular formula is C17H22HgNO2. The Morgan fingerprint density at radius 3 is 2.52 bits per heavy atom. The van der Waals surface area contributed by atoms with Gasteiger partial charge < -0.3 is 0 Å². The summed E-state index contributed by atoms with van der Waals surface area (Å²) < 4.78 is 1.10. The van der Waals surface area contributed by atoms with E-state index >= 15 is 0 Å². The van der Waals surface area contributed by atoms with Crippen molar-refractivity contribution >= 4 is 20.5 Å². The molecule has 0 bridgehead atoms. The Kier molecular flexibility index (Phi) is 5.58. The van der Waals surface area contributed by atoms with Gasteiger partial charge >= 0.3 is 143 Å². The molecule has 109 valence electrons. The molecule has 21 heavy (non-hydrogen) atoms. The van der Waals surface area contributed by atoms with E-state index < -0.39 is 0 Å². The molecule has 3 nitrogen and oxygen atoms in total. The van der Waals surface area contributed by atoms with Crippen LogP contribution in [0.2, 0.25) is 0 Å². The van der Waals surface area contributed by atoms with Crippen molar-refractivity contribution in [3.05, 3.63) is 23.8 Å². The van der Waals surface area contributed by atoms with Crippen molar-refractivity contribution < 1.29 is 35.7 Å². The molecule has 1 aromatic carbocycles. The summed E-state index contributed by atoms with van der Waals surface area (Å²) in [5.41, 5.74) is 1.63. The minimum atomic E-state index is 0.101. The van der Waals surface area contributed by atoms with Crippen molar-refractivity contribution in [3.8, 4) is 0 Å². The number of ketones is 1. The van der Waals surface area contributed by atoms with Crippen molar-refractivity contribution in [2.24, 2.45) is 17.8 Å². The van der Waals surface area contributed by atoms with Crippen LogP contribution in [0, 0.1) is 17.8 Å². The van der Waals surface area contributed by atoms with E-state index in [1.54, 1.807) is 6.92 Å². The zero-order chi connectivity index (χ0) is 15.6. The molecule has 4 heteroatoms. The Morgan fingerprint density at radius 1 is 1.29 bits per heavy atom. The van der Waals surface area contributed by atoms with E-state index in [1.807, 2.05) is 18.2 Å². The van der Waals surface area contributed by atoms with Crippen LogP contribution in [0.3, 0.4) is 0 Å². The molecule has 1 amide bonds. The second kappa shape index (κ2) is 7.04. The van der Waals surface area contributed by atoms with Gasteiger partial charge in [-0.2, -0.15) is 0 Å². The van der Waals surface area contributed by atoms with Crippen LogP contribution in [-0.2, 0) is 30.9 Å². The standard InChI is InChI=1S/C17H22NO2.Hg/c1-11-4-5-15(12(11)2)10-17(20)18-16-8-6-14(7-9-16)13(3)19;/h6,8-9,11-12,15H,4-5,10H2,1-3H3,(H,18,20);. The quantitative estimate of drug-likeness (QED) is 0.541. The van der Waals surface area contributed by atoms with E-state index in [0.29, 0.717) is 44.4 Å². The summed E-state index contributed by atoms with van der Waals surface area (Å²) in [4.78, 5) is 23.6. The van der Waals surface area contributed by atoms with E-state index in [-0.39, 0.29) is 11.7 Å². The van der Waals surface area contributed by atoms with E-state index in [2.05, 4.69) is 19.2 Å². The van der Waals surface area contributed by atoms with Gasteiger partial charge in [-0.1, -0.05) is 0 Å². The fourth-order valence-electron chi connectivity index (χ4n) is 3.22. The van der Waals surface area contributed by atoms with E-state index in [9.17, 15) is 9.59 Å². The predicted octanol–water partition coefficient (Wildman–Crippen LogP) is 3.07. The van der Waals surface area contributed by atoms with Crippen LogP contribution in [0.5, 0.6) is 0 Å². The topological polar surface area (TPSA) is 46.2 Å². The third kappa shape index (κ3) is 4.15. The average Bonchev–Trinajstić information content (AvgIpc) is 2.70. The van der Waals surface area contributed by atoms with Gasteiger partial charge in [-0.15, -0.1) is 0 Å². The van der Waals surface area contributed by atoms with Gasteiger partial charge in [0.15, 0.2) is 0 Å². The summed E-state index contributed by atoms with van der Waals surface area (Å²) in [6.45, 7) is 6.13. The molecule has 1 aliphatic carbocycles. The first-order chi connectivity index (χ1) is 9.88. The molecule has 1 fully saturated rings. The fourth-order valence-corrected chi connectivity index (χ4v) is 5.50. The fraction of sp³-hybridized carbons (Fsp3) is 0.529. The van der Waals surface area contributed by atoms with Gasteiger partial charge in [-0.25, -0.2) is 0 Å². The molecule has 0 aliphatic heterocycles. The van der Waals surface area contributed by atoms with Crippen molar-refractivity contribution in [2.75, 3.05) is 5.32 Å². The Labute approximate surface area is 142 Å². The molecule has 1 aromatic rings. The summed E-state index contributed by atoms with van der Waals surface area (Å²) in [5.74, 6) is 2.08. The predicted molar refractivity (Wildman–Crippen MR) is 80.4 cm³/mol. The Morgan fingerprint density at radius 2 is 2.00 bits per heavy atom. The van der Waals surface area contributed by atoms with Crippen molar-refractivity contribution in [2.45, 2.75) is 40.0 Å². The number of nitrogens with one attached hydrogen (secondary N) is 1. The number of carbonyl (C=O) groups is 2. The third-order valence-electron chi connectivity index (χ3n) is 4.85. The van der Waals surface area contributed by atoms with Crippen molar-refractivity contribution in [3.63, 3.8) is 0 Å². The monoisotopic (exact) mass is 474 g/mol. The number of benzene rings is 1. The second-order valence-corrected chi connectivity index (χ2v) is 9.32. The second-order valence-electron chi connectivity index (χ2n) is 6.35. The molecule has 0 radical (unpaired) electrons. The van der Waals surface area contributed by atoms with Gasteiger partial charge in [-0.05, 0) is 0 Å². The maximum atomic E-state index is 12.2. The molecule has 0 saturated heterocycles. The minimum absolute atomic E-state index is 0.101. The van der Waals surface area contributed by atoms with Crippen LogP contribution in [0.25, 0.3) is 0 Å². The number of rotatable bonds is 4. The number of carbonyl (C=O) groups excluding carboxylic acids is 2. The van der Waals surface area contributed by atoms with Crippen LogP contribution < -0.4 is 8.39 Å².